The van der Waals surface area contributed by atoms with Crippen LogP contribution in [0.3, 0.4) is 0 Å². The lowest BCUT2D eigenvalue weighted by molar-refractivity contribution is 0.0730. The molecule has 0 radical (unpaired) electrons. The molecule has 3 aromatic carbocycles. The highest BCUT2D eigenvalue weighted by atomic mass is 16.3. The summed E-state index contributed by atoms with van der Waals surface area (Å²) in [6.45, 7) is 0.420. The molecular formula is C25H19NO4. The van der Waals surface area contributed by atoms with E-state index in [-0.39, 0.29) is 22.8 Å². The van der Waals surface area contributed by atoms with Crippen LogP contribution in [-0.2, 0) is 6.42 Å². The minimum atomic E-state index is -0.607. The summed E-state index contributed by atoms with van der Waals surface area (Å²) < 4.78 is 5.91. The topological polar surface area (TPSA) is 70.8 Å². The Bertz CT molecular complexity index is 1310. The van der Waals surface area contributed by atoms with E-state index in [1.807, 2.05) is 36.4 Å². The first-order chi connectivity index (χ1) is 14.6. The molecule has 1 amide bonds. The second-order valence-corrected chi connectivity index (χ2v) is 7.40. The third kappa shape index (κ3) is 2.95. The summed E-state index contributed by atoms with van der Waals surface area (Å²) in [5, 5.41) is 10.5. The molecule has 0 saturated heterocycles. The first-order valence-corrected chi connectivity index (χ1v) is 9.83. The number of carbonyl (C=O) groups is 1. The minimum absolute atomic E-state index is 0.0834. The smallest absolute Gasteiger partial charge is 0.290 e. The monoisotopic (exact) mass is 397 g/mol. The van der Waals surface area contributed by atoms with Crippen molar-refractivity contribution < 1.29 is 14.3 Å². The molecule has 0 unspecified atom stereocenters. The van der Waals surface area contributed by atoms with Crippen molar-refractivity contribution in [2.24, 2.45) is 0 Å². The molecule has 0 aliphatic carbocycles. The van der Waals surface area contributed by atoms with Crippen LogP contribution in [0.25, 0.3) is 11.0 Å². The number of aromatic hydroxyl groups is 1. The quantitative estimate of drug-likeness (QED) is 0.558. The largest absolute Gasteiger partial charge is 0.508 e. The first-order valence-electron chi connectivity index (χ1n) is 9.83. The number of para-hydroxylation sites is 1. The van der Waals surface area contributed by atoms with E-state index >= 15 is 0 Å². The van der Waals surface area contributed by atoms with E-state index in [0.29, 0.717) is 35.1 Å². The van der Waals surface area contributed by atoms with Gasteiger partial charge in [0.25, 0.3) is 5.91 Å². The van der Waals surface area contributed by atoms with Crippen LogP contribution in [0, 0.1) is 0 Å². The summed E-state index contributed by atoms with van der Waals surface area (Å²) in [7, 11) is 0. The summed E-state index contributed by atoms with van der Waals surface area (Å²) in [4.78, 5) is 28.3. The van der Waals surface area contributed by atoms with Crippen molar-refractivity contribution >= 4 is 16.9 Å². The highest BCUT2D eigenvalue weighted by Gasteiger charge is 2.42. The summed E-state index contributed by atoms with van der Waals surface area (Å²) in [6.07, 6.45) is 0.642. The first kappa shape index (κ1) is 18.2. The molecule has 1 aliphatic rings. The molecule has 30 heavy (non-hydrogen) atoms. The lowest BCUT2D eigenvalue weighted by Crippen LogP contribution is -2.31. The second kappa shape index (κ2) is 7.19. The van der Waals surface area contributed by atoms with Crippen LogP contribution in [0.15, 0.2) is 88.1 Å². The van der Waals surface area contributed by atoms with Gasteiger partial charge in [0.05, 0.1) is 17.0 Å². The van der Waals surface area contributed by atoms with Crippen molar-refractivity contribution in [3.8, 4) is 5.75 Å². The number of hydrogen-bond donors (Lipinski definition) is 1. The van der Waals surface area contributed by atoms with Gasteiger partial charge in [-0.2, -0.15) is 0 Å². The SMILES string of the molecule is O=C1c2oc3ccccc3c(=O)c2[C@@H](c2cccc(O)c2)N1CCc1ccccc1. The van der Waals surface area contributed by atoms with Crippen molar-refractivity contribution in [1.29, 1.82) is 0 Å². The number of hydrogen-bond acceptors (Lipinski definition) is 4. The Balaban J connectivity index is 1.66. The molecule has 1 aromatic heterocycles. The zero-order valence-electron chi connectivity index (χ0n) is 16.1. The van der Waals surface area contributed by atoms with Crippen LogP contribution in [0.1, 0.15) is 33.3 Å². The molecule has 0 fully saturated rings. The number of carbonyl (C=O) groups excluding carboxylic acids is 1. The van der Waals surface area contributed by atoms with Crippen molar-refractivity contribution in [2.75, 3.05) is 6.54 Å². The molecule has 0 bridgehead atoms. The fourth-order valence-electron chi connectivity index (χ4n) is 4.13. The van der Waals surface area contributed by atoms with Crippen LogP contribution in [0.4, 0.5) is 0 Å². The van der Waals surface area contributed by atoms with Crippen molar-refractivity contribution in [1.82, 2.24) is 4.90 Å². The molecule has 148 valence electrons. The molecule has 5 heteroatoms. The van der Waals surface area contributed by atoms with Gasteiger partial charge in [0.1, 0.15) is 11.3 Å². The van der Waals surface area contributed by atoms with Crippen molar-refractivity contribution in [3.05, 3.63) is 112 Å². The molecule has 1 N–H and O–H groups in total. The molecule has 1 aliphatic heterocycles. The van der Waals surface area contributed by atoms with Crippen LogP contribution in [-0.4, -0.2) is 22.5 Å². The Labute approximate surface area is 172 Å². The molecule has 0 saturated carbocycles. The summed E-state index contributed by atoms with van der Waals surface area (Å²) >= 11 is 0. The van der Waals surface area contributed by atoms with Gasteiger partial charge < -0.3 is 14.4 Å². The zero-order chi connectivity index (χ0) is 20.7. The van der Waals surface area contributed by atoms with Gasteiger partial charge in [-0.1, -0.05) is 54.6 Å². The zero-order valence-corrected chi connectivity index (χ0v) is 16.1. The molecule has 5 nitrogen and oxygen atoms in total. The second-order valence-electron chi connectivity index (χ2n) is 7.40. The Hall–Kier alpha value is -3.86. The van der Waals surface area contributed by atoms with Crippen LogP contribution in [0.2, 0.25) is 0 Å². The molecular weight excluding hydrogens is 378 g/mol. The fraction of sp³-hybridized carbons (Fsp3) is 0.120. The van der Waals surface area contributed by atoms with E-state index in [0.717, 1.165) is 5.56 Å². The summed E-state index contributed by atoms with van der Waals surface area (Å²) in [5.74, 6) is -0.140. The number of rotatable bonds is 4. The maximum atomic E-state index is 13.4. The van der Waals surface area contributed by atoms with Crippen molar-refractivity contribution in [2.45, 2.75) is 12.5 Å². The predicted molar refractivity (Wildman–Crippen MR) is 114 cm³/mol. The fourth-order valence-corrected chi connectivity index (χ4v) is 4.13. The third-order valence-electron chi connectivity index (χ3n) is 5.54. The molecule has 2 heterocycles. The Morgan fingerprint density at radius 1 is 0.900 bits per heavy atom. The highest BCUT2D eigenvalue weighted by Crippen LogP contribution is 2.38. The van der Waals surface area contributed by atoms with Gasteiger partial charge in [0.15, 0.2) is 5.43 Å². The number of phenols is 1. The standard InChI is InChI=1S/C25H19NO4/c27-18-10-6-9-17(15-18)22-21-23(28)19-11-4-5-12-20(19)30-24(21)25(29)26(22)14-13-16-7-2-1-3-8-16/h1-12,15,22,27H,13-14H2/t22-/m1/s1. The van der Waals surface area contributed by atoms with E-state index < -0.39 is 6.04 Å². The lowest BCUT2D eigenvalue weighted by atomic mass is 9.98. The number of nitrogens with zero attached hydrogens (tertiary/aromatic N) is 1. The van der Waals surface area contributed by atoms with Gasteiger partial charge in [0, 0.05) is 6.54 Å². The average Bonchev–Trinajstić information content (AvgIpc) is 3.05. The van der Waals surface area contributed by atoms with Gasteiger partial charge in [-0.15, -0.1) is 0 Å². The molecule has 5 rings (SSSR count). The Morgan fingerprint density at radius 2 is 1.67 bits per heavy atom. The molecule has 1 atom stereocenters. The summed E-state index contributed by atoms with van der Waals surface area (Å²) in [5.41, 5.74) is 2.29. The van der Waals surface area contributed by atoms with Crippen LogP contribution in [0.5, 0.6) is 5.75 Å². The van der Waals surface area contributed by atoms with Gasteiger partial charge >= 0.3 is 0 Å². The highest BCUT2D eigenvalue weighted by molar-refractivity contribution is 5.99. The third-order valence-corrected chi connectivity index (χ3v) is 5.54. The van der Waals surface area contributed by atoms with Gasteiger partial charge in [0.2, 0.25) is 5.76 Å². The number of phenolic OH excluding ortho intramolecular Hbond substituents is 1. The van der Waals surface area contributed by atoms with E-state index in [1.54, 1.807) is 47.4 Å². The van der Waals surface area contributed by atoms with E-state index in [1.165, 1.54) is 0 Å². The number of fused-ring (bicyclic) bond motifs is 2. The van der Waals surface area contributed by atoms with E-state index in [4.69, 9.17) is 4.42 Å². The van der Waals surface area contributed by atoms with Crippen molar-refractivity contribution in [3.63, 3.8) is 0 Å². The van der Waals surface area contributed by atoms with Gasteiger partial charge in [-0.05, 0) is 41.8 Å². The number of benzene rings is 3. The van der Waals surface area contributed by atoms with Gasteiger partial charge in [-0.25, -0.2) is 0 Å². The molecule has 4 aromatic rings. The number of amides is 1. The maximum Gasteiger partial charge on any atom is 0.290 e. The van der Waals surface area contributed by atoms with E-state index in [2.05, 4.69) is 0 Å². The Morgan fingerprint density at radius 3 is 2.47 bits per heavy atom. The van der Waals surface area contributed by atoms with Crippen LogP contribution >= 0.6 is 0 Å². The van der Waals surface area contributed by atoms with Gasteiger partial charge in [-0.3, -0.25) is 9.59 Å². The summed E-state index contributed by atoms with van der Waals surface area (Å²) in [6, 6.07) is 22.9. The molecule has 0 spiro atoms. The van der Waals surface area contributed by atoms with Crippen LogP contribution < -0.4 is 5.43 Å². The van der Waals surface area contributed by atoms with E-state index in [9.17, 15) is 14.7 Å². The predicted octanol–water partition coefficient (Wildman–Crippen LogP) is 4.29. The normalized spacial score (nSPS) is 15.5. The lowest BCUT2D eigenvalue weighted by Gasteiger charge is -2.25. The Kier molecular flexibility index (Phi) is 4.36. The minimum Gasteiger partial charge on any atom is -0.508 e. The average molecular weight is 397 g/mol. The maximum absolute atomic E-state index is 13.4.